The van der Waals surface area contributed by atoms with Crippen molar-refractivity contribution < 1.29 is 9.53 Å². The van der Waals surface area contributed by atoms with Crippen molar-refractivity contribution in [3.8, 4) is 5.69 Å². The highest BCUT2D eigenvalue weighted by molar-refractivity contribution is 5.76. The molecule has 0 atom stereocenters. The lowest BCUT2D eigenvalue weighted by molar-refractivity contribution is -0.136. The minimum Gasteiger partial charge on any atom is -0.378 e. The van der Waals surface area contributed by atoms with E-state index in [0.29, 0.717) is 32.0 Å². The van der Waals surface area contributed by atoms with Gasteiger partial charge in [0.15, 0.2) is 0 Å². The van der Waals surface area contributed by atoms with Gasteiger partial charge in [-0.05, 0) is 12.1 Å². The van der Waals surface area contributed by atoms with Crippen LogP contribution in [0, 0.1) is 0 Å². The maximum atomic E-state index is 12.3. The van der Waals surface area contributed by atoms with Gasteiger partial charge in [0.25, 0.3) is 0 Å². The number of morpholine rings is 1. The van der Waals surface area contributed by atoms with Crippen molar-refractivity contribution in [3.05, 3.63) is 51.3 Å². The molecule has 3 rings (SSSR count). The fourth-order valence-electron chi connectivity index (χ4n) is 2.35. The summed E-state index contributed by atoms with van der Waals surface area (Å²) < 4.78 is 7.22. The number of amides is 1. The molecule has 1 N–H and O–H groups in total. The van der Waals surface area contributed by atoms with Crippen LogP contribution in [0.3, 0.4) is 0 Å². The number of ether oxygens (including phenoxy) is 1. The summed E-state index contributed by atoms with van der Waals surface area (Å²) >= 11 is 0. The standard InChI is InChI=1S/C14H16N4O4/c19-12(16-6-8-22-9-7-16)10-17-13(20)15-18(14(17)21)11-4-2-1-3-5-11/h1-5H,6-10H2,(H,15,20). The van der Waals surface area contributed by atoms with Gasteiger partial charge in [-0.25, -0.2) is 23.9 Å². The average molecular weight is 304 g/mol. The molecule has 1 aromatic heterocycles. The van der Waals surface area contributed by atoms with E-state index in [9.17, 15) is 14.4 Å². The third-order valence-electron chi connectivity index (χ3n) is 3.55. The average Bonchev–Trinajstić information content (AvgIpc) is 2.84. The van der Waals surface area contributed by atoms with Crippen molar-refractivity contribution in [2.75, 3.05) is 26.3 Å². The maximum absolute atomic E-state index is 12.3. The number of nitrogens with zero attached hydrogens (tertiary/aromatic N) is 3. The molecule has 1 aliphatic rings. The van der Waals surface area contributed by atoms with Crippen LogP contribution in [0.25, 0.3) is 5.69 Å². The lowest BCUT2D eigenvalue weighted by atomic mass is 10.3. The predicted octanol–water partition coefficient (Wildman–Crippen LogP) is -0.814. The van der Waals surface area contributed by atoms with Crippen LogP contribution in [-0.2, 0) is 16.1 Å². The number of hydrogen-bond donors (Lipinski definition) is 1. The molecule has 1 amide bonds. The Labute approximate surface area is 125 Å². The summed E-state index contributed by atoms with van der Waals surface area (Å²) in [5, 5.41) is 2.45. The minimum absolute atomic E-state index is 0.262. The Morgan fingerprint density at radius 3 is 2.50 bits per heavy atom. The quantitative estimate of drug-likeness (QED) is 0.803. The number of hydrogen-bond acceptors (Lipinski definition) is 4. The molecule has 1 saturated heterocycles. The molecule has 0 bridgehead atoms. The zero-order valence-electron chi connectivity index (χ0n) is 11.9. The normalized spacial score (nSPS) is 15.0. The SMILES string of the molecule is O=C(Cn1c(=O)[nH]n(-c2ccccc2)c1=O)N1CCOCC1. The number of H-pyrrole nitrogens is 1. The molecule has 22 heavy (non-hydrogen) atoms. The monoisotopic (exact) mass is 304 g/mol. The van der Waals surface area contributed by atoms with Crippen LogP contribution < -0.4 is 11.4 Å². The van der Waals surface area contributed by atoms with Crippen LogP contribution in [0.4, 0.5) is 0 Å². The van der Waals surface area contributed by atoms with E-state index < -0.39 is 11.4 Å². The van der Waals surface area contributed by atoms with Crippen molar-refractivity contribution in [2.24, 2.45) is 0 Å². The van der Waals surface area contributed by atoms with Gasteiger partial charge in [-0.3, -0.25) is 4.79 Å². The van der Waals surface area contributed by atoms with Crippen LogP contribution >= 0.6 is 0 Å². The number of aromatic nitrogens is 3. The number of carbonyl (C=O) groups is 1. The first-order valence-electron chi connectivity index (χ1n) is 6.99. The molecular weight excluding hydrogens is 288 g/mol. The van der Waals surface area contributed by atoms with Crippen molar-refractivity contribution in [2.45, 2.75) is 6.54 Å². The van der Waals surface area contributed by atoms with Crippen LogP contribution in [0.15, 0.2) is 39.9 Å². The Kier molecular flexibility index (Phi) is 3.92. The number of para-hydroxylation sites is 1. The van der Waals surface area contributed by atoms with Gasteiger partial charge >= 0.3 is 11.4 Å². The van der Waals surface area contributed by atoms with Crippen molar-refractivity contribution in [1.29, 1.82) is 0 Å². The molecule has 0 radical (unpaired) electrons. The third-order valence-corrected chi connectivity index (χ3v) is 3.55. The van der Waals surface area contributed by atoms with E-state index in [4.69, 9.17) is 4.74 Å². The molecule has 1 aromatic carbocycles. The Balaban J connectivity index is 1.86. The highest BCUT2D eigenvalue weighted by Crippen LogP contribution is 2.01. The Bertz CT molecular complexity index is 768. The van der Waals surface area contributed by atoms with Gasteiger partial charge in [-0.2, -0.15) is 0 Å². The highest BCUT2D eigenvalue weighted by atomic mass is 16.5. The first kappa shape index (κ1) is 14.3. The Hall–Kier alpha value is -2.61. The molecule has 0 spiro atoms. The summed E-state index contributed by atoms with van der Waals surface area (Å²) in [6.45, 7) is 1.63. The number of nitrogens with one attached hydrogen (secondary N) is 1. The smallest absolute Gasteiger partial charge is 0.352 e. The van der Waals surface area contributed by atoms with Crippen LogP contribution in [0.2, 0.25) is 0 Å². The molecule has 0 saturated carbocycles. The van der Waals surface area contributed by atoms with Crippen LogP contribution in [-0.4, -0.2) is 51.5 Å². The summed E-state index contributed by atoms with van der Waals surface area (Å²) in [7, 11) is 0. The van der Waals surface area contributed by atoms with Crippen molar-refractivity contribution >= 4 is 5.91 Å². The first-order chi connectivity index (χ1) is 10.7. The van der Waals surface area contributed by atoms with E-state index in [1.54, 1.807) is 29.2 Å². The van der Waals surface area contributed by atoms with Crippen LogP contribution in [0.5, 0.6) is 0 Å². The second kappa shape index (κ2) is 6.02. The zero-order chi connectivity index (χ0) is 15.5. The second-order valence-electron chi connectivity index (χ2n) is 4.95. The summed E-state index contributed by atoms with van der Waals surface area (Å²) in [5.41, 5.74) is -0.615. The maximum Gasteiger partial charge on any atom is 0.352 e. The van der Waals surface area contributed by atoms with Crippen molar-refractivity contribution in [1.82, 2.24) is 19.2 Å². The van der Waals surface area contributed by atoms with Gasteiger partial charge < -0.3 is 9.64 Å². The molecule has 8 nitrogen and oxygen atoms in total. The summed E-state index contributed by atoms with van der Waals surface area (Å²) in [6, 6.07) is 8.73. The van der Waals surface area contributed by atoms with Gasteiger partial charge in [-0.1, -0.05) is 18.2 Å². The van der Waals surface area contributed by atoms with E-state index >= 15 is 0 Å². The molecule has 1 aliphatic heterocycles. The van der Waals surface area contributed by atoms with Gasteiger partial charge in [0.2, 0.25) is 5.91 Å². The Morgan fingerprint density at radius 1 is 1.14 bits per heavy atom. The summed E-state index contributed by atoms with van der Waals surface area (Å²) in [5.74, 6) is -0.262. The molecular formula is C14H16N4O4. The number of benzene rings is 1. The highest BCUT2D eigenvalue weighted by Gasteiger charge is 2.20. The molecule has 0 aliphatic carbocycles. The van der Waals surface area contributed by atoms with Crippen LogP contribution in [0.1, 0.15) is 0 Å². The molecule has 2 aromatic rings. The molecule has 116 valence electrons. The second-order valence-corrected chi connectivity index (χ2v) is 4.95. The zero-order valence-corrected chi connectivity index (χ0v) is 11.9. The number of carbonyl (C=O) groups excluding carboxylic acids is 1. The van der Waals surface area contributed by atoms with E-state index in [1.807, 2.05) is 6.07 Å². The summed E-state index contributed by atoms with van der Waals surface area (Å²) in [6.07, 6.45) is 0. The minimum atomic E-state index is -0.601. The number of aromatic amines is 1. The predicted molar refractivity (Wildman–Crippen MR) is 78.0 cm³/mol. The van der Waals surface area contributed by atoms with Gasteiger partial charge in [0.05, 0.1) is 18.9 Å². The van der Waals surface area contributed by atoms with Gasteiger partial charge in [0, 0.05) is 13.1 Å². The van der Waals surface area contributed by atoms with E-state index in [-0.39, 0.29) is 12.5 Å². The molecule has 0 unspecified atom stereocenters. The van der Waals surface area contributed by atoms with Crippen molar-refractivity contribution in [3.63, 3.8) is 0 Å². The largest absolute Gasteiger partial charge is 0.378 e. The summed E-state index contributed by atoms with van der Waals surface area (Å²) in [4.78, 5) is 38.0. The fraction of sp³-hybridized carbons (Fsp3) is 0.357. The third kappa shape index (κ3) is 2.73. The van der Waals surface area contributed by atoms with E-state index in [0.717, 1.165) is 9.25 Å². The topological polar surface area (TPSA) is 89.3 Å². The first-order valence-corrected chi connectivity index (χ1v) is 6.99. The van der Waals surface area contributed by atoms with Gasteiger partial charge in [-0.15, -0.1) is 0 Å². The lowest BCUT2D eigenvalue weighted by Crippen LogP contribution is -2.44. The van der Waals surface area contributed by atoms with E-state index in [1.165, 1.54) is 0 Å². The molecule has 1 fully saturated rings. The number of rotatable bonds is 3. The Morgan fingerprint density at radius 2 is 1.82 bits per heavy atom. The fourth-order valence-corrected chi connectivity index (χ4v) is 2.35. The molecule has 2 heterocycles. The van der Waals surface area contributed by atoms with Gasteiger partial charge in [0.1, 0.15) is 6.54 Å². The molecule has 8 heteroatoms. The van der Waals surface area contributed by atoms with E-state index in [2.05, 4.69) is 5.10 Å². The lowest BCUT2D eigenvalue weighted by Gasteiger charge is -2.26.